The van der Waals surface area contributed by atoms with Gasteiger partial charge in [-0.05, 0) is 28.1 Å². The van der Waals surface area contributed by atoms with Crippen molar-refractivity contribution in [3.63, 3.8) is 0 Å². The Morgan fingerprint density at radius 1 is 1.61 bits per heavy atom. The molecule has 1 fully saturated rings. The molecule has 1 aliphatic rings. The van der Waals surface area contributed by atoms with Crippen molar-refractivity contribution in [3.8, 4) is 6.07 Å². The van der Waals surface area contributed by atoms with Gasteiger partial charge in [0.05, 0.1) is 11.3 Å². The molecule has 0 saturated carbocycles. The van der Waals surface area contributed by atoms with Crippen LogP contribution in [0.2, 0.25) is 0 Å². The normalized spacial score (nSPS) is 19.3. The fourth-order valence-electron chi connectivity index (χ4n) is 2.11. The lowest BCUT2D eigenvalue weighted by Crippen LogP contribution is -2.57. The number of amides is 1. The standard InChI is InChI=1S/C12H13BrN4O/c13-9-2-1-3-10(8(9)6-14)17-5-4-16-7-11(17)12(15)18/h1-3,11,16H,4-5,7H2,(H2,15,18). The summed E-state index contributed by atoms with van der Waals surface area (Å²) in [5.74, 6) is -0.383. The first-order valence-electron chi connectivity index (χ1n) is 5.60. The monoisotopic (exact) mass is 308 g/mol. The van der Waals surface area contributed by atoms with E-state index in [2.05, 4.69) is 27.3 Å². The molecule has 0 aliphatic carbocycles. The minimum atomic E-state index is -0.417. The summed E-state index contributed by atoms with van der Waals surface area (Å²) in [6.07, 6.45) is 0. The second-order valence-electron chi connectivity index (χ2n) is 4.06. The molecule has 1 unspecified atom stereocenters. The van der Waals surface area contributed by atoms with Gasteiger partial charge in [0.1, 0.15) is 12.1 Å². The Bertz CT molecular complexity index is 511. The molecule has 18 heavy (non-hydrogen) atoms. The lowest BCUT2D eigenvalue weighted by atomic mass is 10.1. The van der Waals surface area contributed by atoms with E-state index < -0.39 is 6.04 Å². The Morgan fingerprint density at radius 3 is 3.06 bits per heavy atom. The lowest BCUT2D eigenvalue weighted by Gasteiger charge is -2.36. The van der Waals surface area contributed by atoms with E-state index >= 15 is 0 Å². The highest BCUT2D eigenvalue weighted by Gasteiger charge is 2.28. The van der Waals surface area contributed by atoms with Gasteiger partial charge in [-0.15, -0.1) is 0 Å². The number of primary amides is 1. The number of nitriles is 1. The van der Waals surface area contributed by atoms with E-state index in [1.165, 1.54) is 0 Å². The molecule has 1 amide bonds. The molecule has 1 aliphatic heterocycles. The molecule has 6 heteroatoms. The summed E-state index contributed by atoms with van der Waals surface area (Å²) >= 11 is 3.35. The van der Waals surface area contributed by atoms with Crippen molar-refractivity contribution < 1.29 is 4.79 Å². The van der Waals surface area contributed by atoms with Crippen molar-refractivity contribution in [2.45, 2.75) is 6.04 Å². The highest BCUT2D eigenvalue weighted by Crippen LogP contribution is 2.28. The van der Waals surface area contributed by atoms with Crippen LogP contribution in [0.3, 0.4) is 0 Å². The van der Waals surface area contributed by atoms with E-state index in [1.807, 2.05) is 23.1 Å². The molecule has 1 saturated heterocycles. The third kappa shape index (κ3) is 2.33. The smallest absolute Gasteiger partial charge is 0.241 e. The number of nitrogens with zero attached hydrogens (tertiary/aromatic N) is 2. The minimum Gasteiger partial charge on any atom is -0.368 e. The Hall–Kier alpha value is -1.58. The summed E-state index contributed by atoms with van der Waals surface area (Å²) in [7, 11) is 0. The van der Waals surface area contributed by atoms with Crippen LogP contribution < -0.4 is 16.0 Å². The number of rotatable bonds is 2. The molecule has 0 bridgehead atoms. The van der Waals surface area contributed by atoms with E-state index in [0.717, 1.165) is 16.7 Å². The summed E-state index contributed by atoms with van der Waals surface area (Å²) in [6, 6.07) is 7.24. The highest BCUT2D eigenvalue weighted by molar-refractivity contribution is 9.10. The van der Waals surface area contributed by atoms with Gasteiger partial charge in [-0.25, -0.2) is 0 Å². The molecule has 1 heterocycles. The number of carbonyl (C=O) groups is 1. The van der Waals surface area contributed by atoms with Crippen LogP contribution in [-0.4, -0.2) is 31.6 Å². The zero-order valence-electron chi connectivity index (χ0n) is 9.69. The molecule has 0 spiro atoms. The quantitative estimate of drug-likeness (QED) is 0.837. The summed E-state index contributed by atoms with van der Waals surface area (Å²) in [6.45, 7) is 1.92. The molecular formula is C12H13BrN4O. The third-order valence-corrected chi connectivity index (χ3v) is 3.65. The highest BCUT2D eigenvalue weighted by atomic mass is 79.9. The van der Waals surface area contributed by atoms with Crippen LogP contribution >= 0.6 is 15.9 Å². The van der Waals surface area contributed by atoms with Gasteiger partial charge in [0, 0.05) is 24.1 Å². The fourth-order valence-corrected chi connectivity index (χ4v) is 2.55. The second kappa shape index (κ2) is 5.38. The first kappa shape index (κ1) is 12.9. The summed E-state index contributed by atoms with van der Waals surface area (Å²) in [4.78, 5) is 13.4. The van der Waals surface area contributed by atoms with Gasteiger partial charge >= 0.3 is 0 Å². The molecule has 1 atom stereocenters. The van der Waals surface area contributed by atoms with Crippen LogP contribution in [0.15, 0.2) is 22.7 Å². The van der Waals surface area contributed by atoms with Crippen molar-refractivity contribution in [3.05, 3.63) is 28.2 Å². The number of carbonyl (C=O) groups excluding carboxylic acids is 1. The summed E-state index contributed by atoms with van der Waals surface area (Å²) in [5.41, 5.74) is 6.69. The number of hydrogen-bond donors (Lipinski definition) is 2. The van der Waals surface area contributed by atoms with Crippen molar-refractivity contribution in [1.82, 2.24) is 5.32 Å². The van der Waals surface area contributed by atoms with Crippen LogP contribution in [-0.2, 0) is 4.79 Å². The minimum absolute atomic E-state index is 0.383. The molecule has 94 valence electrons. The maximum atomic E-state index is 11.5. The Labute approximate surface area is 114 Å². The Kier molecular flexibility index (Phi) is 3.84. The number of piperazine rings is 1. The molecule has 0 aromatic heterocycles. The predicted octanol–water partition coefficient (Wildman–Crippen LogP) is 0.584. The van der Waals surface area contributed by atoms with Gasteiger partial charge in [0.2, 0.25) is 5.91 Å². The molecule has 1 aromatic carbocycles. The van der Waals surface area contributed by atoms with Gasteiger partial charge < -0.3 is 16.0 Å². The largest absolute Gasteiger partial charge is 0.368 e. The SMILES string of the molecule is N#Cc1c(Br)cccc1N1CCNCC1C(N)=O. The maximum absolute atomic E-state index is 11.5. The van der Waals surface area contributed by atoms with Crippen LogP contribution in [0.1, 0.15) is 5.56 Å². The summed E-state index contributed by atoms with van der Waals surface area (Å²) in [5, 5.41) is 12.3. The van der Waals surface area contributed by atoms with Crippen LogP contribution in [0.5, 0.6) is 0 Å². The van der Waals surface area contributed by atoms with Gasteiger partial charge in [0.15, 0.2) is 0 Å². The van der Waals surface area contributed by atoms with Crippen LogP contribution in [0.25, 0.3) is 0 Å². The fraction of sp³-hybridized carbons (Fsp3) is 0.333. The molecular weight excluding hydrogens is 296 g/mol. The van der Waals surface area contributed by atoms with E-state index in [-0.39, 0.29) is 5.91 Å². The lowest BCUT2D eigenvalue weighted by molar-refractivity contribution is -0.119. The van der Waals surface area contributed by atoms with E-state index in [0.29, 0.717) is 18.7 Å². The molecule has 3 N–H and O–H groups in total. The van der Waals surface area contributed by atoms with Gasteiger partial charge in [-0.3, -0.25) is 4.79 Å². The predicted molar refractivity (Wildman–Crippen MR) is 72.1 cm³/mol. The van der Waals surface area contributed by atoms with Crippen molar-refractivity contribution in [2.24, 2.45) is 5.73 Å². The molecule has 0 radical (unpaired) electrons. The van der Waals surface area contributed by atoms with Crippen molar-refractivity contribution in [2.75, 3.05) is 24.5 Å². The average molecular weight is 309 g/mol. The van der Waals surface area contributed by atoms with Gasteiger partial charge in [-0.2, -0.15) is 5.26 Å². The van der Waals surface area contributed by atoms with Crippen molar-refractivity contribution >= 4 is 27.5 Å². The van der Waals surface area contributed by atoms with E-state index in [9.17, 15) is 10.1 Å². The van der Waals surface area contributed by atoms with E-state index in [4.69, 9.17) is 5.73 Å². The number of nitrogens with two attached hydrogens (primary N) is 1. The Morgan fingerprint density at radius 2 is 2.39 bits per heavy atom. The topological polar surface area (TPSA) is 82.2 Å². The average Bonchev–Trinajstić information content (AvgIpc) is 2.38. The Balaban J connectivity index is 2.43. The zero-order chi connectivity index (χ0) is 13.1. The number of hydrogen-bond acceptors (Lipinski definition) is 4. The van der Waals surface area contributed by atoms with Crippen LogP contribution in [0, 0.1) is 11.3 Å². The first-order valence-corrected chi connectivity index (χ1v) is 6.39. The van der Waals surface area contributed by atoms with Crippen molar-refractivity contribution in [1.29, 1.82) is 5.26 Å². The number of nitrogens with one attached hydrogen (secondary N) is 1. The number of anilines is 1. The third-order valence-electron chi connectivity index (χ3n) is 2.98. The van der Waals surface area contributed by atoms with E-state index in [1.54, 1.807) is 0 Å². The molecule has 1 aromatic rings. The number of benzene rings is 1. The van der Waals surface area contributed by atoms with Gasteiger partial charge in [-0.1, -0.05) is 6.07 Å². The first-order chi connectivity index (χ1) is 8.65. The molecule has 5 nitrogen and oxygen atoms in total. The second-order valence-corrected chi connectivity index (χ2v) is 4.92. The summed E-state index contributed by atoms with van der Waals surface area (Å²) < 4.78 is 0.726. The molecule has 2 rings (SSSR count). The zero-order valence-corrected chi connectivity index (χ0v) is 11.3. The maximum Gasteiger partial charge on any atom is 0.241 e. The number of halogens is 1. The van der Waals surface area contributed by atoms with Gasteiger partial charge in [0.25, 0.3) is 0 Å². The van der Waals surface area contributed by atoms with Crippen LogP contribution in [0.4, 0.5) is 5.69 Å².